The number of fused-ring (bicyclic) bond motifs is 3. The van der Waals surface area contributed by atoms with Gasteiger partial charge < -0.3 is 0 Å². The van der Waals surface area contributed by atoms with Crippen LogP contribution in [0.5, 0.6) is 0 Å². The first-order valence-electron chi connectivity index (χ1n) is 12.3. The molecule has 0 amide bonds. The van der Waals surface area contributed by atoms with Crippen LogP contribution >= 0.6 is 0 Å². The molecule has 0 saturated carbocycles. The van der Waals surface area contributed by atoms with Gasteiger partial charge in [0, 0.05) is 0 Å². The fourth-order valence-corrected chi connectivity index (χ4v) is 25.6. The van der Waals surface area contributed by atoms with E-state index in [9.17, 15) is 0 Å². The Bertz CT molecular complexity index is 1130. The molecule has 1 heteroatoms. The van der Waals surface area contributed by atoms with Crippen molar-refractivity contribution in [3.8, 4) is 11.1 Å². The Balaban J connectivity index is 2.09. The standard InChI is InChI=1S/C21H25.C5H5.C3H6.2CH3.Hf/c1-20(2,3)16-9-7-14-11-15-8-10-17(21(4,5)6)13-19(15)18(14)12-16;1-2-4-5-3-1;1-3-2;;;/h7-13H,1-6H3;1-5H;1-2H3;2*1H3;. The molecule has 0 heterocycles. The third kappa shape index (κ3) is 3.46. The molecule has 0 unspecified atom stereocenters. The molecule has 0 saturated heterocycles. The quantitative estimate of drug-likeness (QED) is 0.305. The number of allylic oxidation sites excluding steroid dienone is 4. The second-order valence-electron chi connectivity index (χ2n) is 13.4. The Labute approximate surface area is 197 Å². The Morgan fingerprint density at radius 3 is 1.44 bits per heavy atom. The average molecular weight is 593 g/mol. The molecular weight excluding hydrogens is 551 g/mol. The van der Waals surface area contributed by atoms with Gasteiger partial charge in [-0.1, -0.05) is 0 Å². The van der Waals surface area contributed by atoms with E-state index in [4.69, 9.17) is 0 Å². The molecule has 0 nitrogen and oxygen atoms in total. The fraction of sp³-hybridized carbons (Fsp3) is 0.452. The summed E-state index contributed by atoms with van der Waals surface area (Å²) in [5, 5.41) is 0. The SMILES string of the molecule is C[C](C)=[Hf]([CH3])([CH3])([CH]1C=CC=C1)[CH]1c2ccc(C(C)(C)C)cc2-c2cc(C(C)(C)C)ccc21. The fourth-order valence-electron chi connectivity index (χ4n) is 5.98. The van der Waals surface area contributed by atoms with Crippen molar-refractivity contribution in [1.82, 2.24) is 0 Å². The third-order valence-corrected chi connectivity index (χ3v) is 37.7. The van der Waals surface area contributed by atoms with Gasteiger partial charge in [0.05, 0.1) is 0 Å². The van der Waals surface area contributed by atoms with Gasteiger partial charge in [-0.3, -0.25) is 0 Å². The minimum absolute atomic E-state index is 0.149. The van der Waals surface area contributed by atoms with Crippen molar-refractivity contribution in [3.63, 3.8) is 0 Å². The molecule has 170 valence electrons. The Kier molecular flexibility index (Phi) is 5.45. The maximum absolute atomic E-state index is 3.65. The van der Waals surface area contributed by atoms with E-state index in [2.05, 4.69) is 125 Å². The number of hydrogen-bond acceptors (Lipinski definition) is 0. The van der Waals surface area contributed by atoms with E-state index < -0.39 is 18.0 Å². The third-order valence-electron chi connectivity index (χ3n) is 8.99. The first-order valence-corrected chi connectivity index (χ1v) is 25.4. The Hall–Kier alpha value is -1.34. The normalized spacial score (nSPS) is 17.1. The van der Waals surface area contributed by atoms with Crippen LogP contribution in [0.3, 0.4) is 0 Å². The summed E-state index contributed by atoms with van der Waals surface area (Å²) in [6.45, 7) is 18.8. The zero-order valence-electron chi connectivity index (χ0n) is 21.9. The van der Waals surface area contributed by atoms with Crippen molar-refractivity contribution < 1.29 is 18.0 Å². The van der Waals surface area contributed by atoms with Crippen LogP contribution in [0.1, 0.15) is 81.3 Å². The predicted molar refractivity (Wildman–Crippen MR) is 141 cm³/mol. The van der Waals surface area contributed by atoms with E-state index in [1.807, 2.05) is 0 Å². The first-order chi connectivity index (χ1) is 14.7. The van der Waals surface area contributed by atoms with Crippen molar-refractivity contribution in [2.24, 2.45) is 0 Å². The maximum atomic E-state index is 2.72. The van der Waals surface area contributed by atoms with Crippen molar-refractivity contribution in [3.05, 3.63) is 83.0 Å². The Morgan fingerprint density at radius 2 is 1.09 bits per heavy atom. The van der Waals surface area contributed by atoms with Gasteiger partial charge in [-0.2, -0.15) is 0 Å². The molecule has 2 aromatic carbocycles. The average Bonchev–Trinajstić information content (AvgIpc) is 3.33. The second-order valence-corrected chi connectivity index (χ2v) is 40.3. The summed E-state index contributed by atoms with van der Waals surface area (Å²) in [6, 6.07) is 14.8. The van der Waals surface area contributed by atoms with E-state index in [0.29, 0.717) is 7.35 Å². The molecule has 0 spiro atoms. The molecule has 0 aromatic heterocycles. The summed E-state index contributed by atoms with van der Waals surface area (Å²) in [5.41, 5.74) is 9.30. The van der Waals surface area contributed by atoms with Crippen LogP contribution in [-0.4, -0.2) is 3.26 Å². The monoisotopic (exact) mass is 594 g/mol. The van der Waals surface area contributed by atoms with Crippen molar-refractivity contribution in [1.29, 1.82) is 0 Å². The molecule has 2 aromatic rings. The van der Waals surface area contributed by atoms with Crippen LogP contribution in [0.4, 0.5) is 0 Å². The van der Waals surface area contributed by atoms with Crippen LogP contribution < -0.4 is 0 Å². The second kappa shape index (κ2) is 7.33. The zero-order valence-corrected chi connectivity index (χ0v) is 25.5. The molecule has 0 fully saturated rings. The molecule has 0 bridgehead atoms. The van der Waals surface area contributed by atoms with Gasteiger partial charge in [0.15, 0.2) is 0 Å². The van der Waals surface area contributed by atoms with Gasteiger partial charge in [0.25, 0.3) is 0 Å². The molecule has 0 radical (unpaired) electrons. The number of hydrogen-bond donors (Lipinski definition) is 0. The summed E-state index contributed by atoms with van der Waals surface area (Å²) in [5.74, 6) is 0. The van der Waals surface area contributed by atoms with E-state index in [-0.39, 0.29) is 10.8 Å². The molecule has 4 rings (SSSR count). The molecule has 2 aliphatic carbocycles. The van der Waals surface area contributed by atoms with E-state index in [1.54, 1.807) is 14.4 Å². The summed E-state index contributed by atoms with van der Waals surface area (Å²) < 4.78 is 8.26. The van der Waals surface area contributed by atoms with Gasteiger partial charge in [0.1, 0.15) is 0 Å². The summed E-state index contributed by atoms with van der Waals surface area (Å²) in [4.78, 5) is 0. The molecule has 2 aliphatic rings. The van der Waals surface area contributed by atoms with Gasteiger partial charge in [-0.25, -0.2) is 0 Å². The summed E-state index contributed by atoms with van der Waals surface area (Å²) >= 11 is -3.65. The van der Waals surface area contributed by atoms with Crippen LogP contribution in [0.25, 0.3) is 11.1 Å². The Morgan fingerprint density at radius 1 is 0.688 bits per heavy atom. The van der Waals surface area contributed by atoms with Crippen LogP contribution in [0, 0.1) is 0 Å². The zero-order chi connectivity index (χ0) is 23.7. The molecule has 0 N–H and O–H groups in total. The minimum atomic E-state index is -3.65. The predicted octanol–water partition coefficient (Wildman–Crippen LogP) is 9.26. The number of benzene rings is 2. The summed E-state index contributed by atoms with van der Waals surface area (Å²) in [7, 11) is 0. The first kappa shape index (κ1) is 23.8. The van der Waals surface area contributed by atoms with Crippen LogP contribution in [-0.2, 0) is 28.8 Å². The van der Waals surface area contributed by atoms with E-state index >= 15 is 0 Å². The summed E-state index contributed by atoms with van der Waals surface area (Å²) in [6.07, 6.45) is 9.54. The molecular formula is C31H42Hf. The number of rotatable bonds is 2. The van der Waals surface area contributed by atoms with E-state index in [0.717, 1.165) is 0 Å². The van der Waals surface area contributed by atoms with Gasteiger partial charge in [-0.05, 0) is 0 Å². The van der Waals surface area contributed by atoms with Gasteiger partial charge >= 0.3 is 198 Å². The van der Waals surface area contributed by atoms with Gasteiger partial charge in [0.2, 0.25) is 0 Å². The van der Waals surface area contributed by atoms with Crippen molar-refractivity contribution in [2.45, 2.75) is 82.9 Å². The van der Waals surface area contributed by atoms with E-state index in [1.165, 1.54) is 22.3 Å². The van der Waals surface area contributed by atoms with Crippen molar-refractivity contribution in [2.75, 3.05) is 0 Å². The van der Waals surface area contributed by atoms with Crippen molar-refractivity contribution >= 4 is 3.26 Å². The topological polar surface area (TPSA) is 0 Å². The molecule has 0 aliphatic heterocycles. The molecule has 0 atom stereocenters. The van der Waals surface area contributed by atoms with Gasteiger partial charge in [-0.15, -0.1) is 0 Å². The molecule has 32 heavy (non-hydrogen) atoms. The van der Waals surface area contributed by atoms with Crippen LogP contribution in [0.15, 0.2) is 60.7 Å². The van der Waals surface area contributed by atoms with Crippen LogP contribution in [0.2, 0.25) is 13.0 Å².